The maximum atomic E-state index is 11.5. The van der Waals surface area contributed by atoms with E-state index in [2.05, 4.69) is 10.4 Å². The smallest absolute Gasteiger partial charge is 0.309 e. The second-order valence-electron chi connectivity index (χ2n) is 4.27. The number of carbonyl (C=O) groups is 1. The Balaban J connectivity index is 2.27. The average Bonchev–Trinajstić information content (AvgIpc) is 2.77. The van der Waals surface area contributed by atoms with Crippen LogP contribution < -0.4 is 5.32 Å². The Labute approximate surface area is 117 Å². The van der Waals surface area contributed by atoms with Crippen molar-refractivity contribution in [3.8, 4) is 0 Å². The molecule has 8 heteroatoms. The van der Waals surface area contributed by atoms with Gasteiger partial charge in [0.1, 0.15) is 11.9 Å². The van der Waals surface area contributed by atoms with Crippen molar-refractivity contribution in [3.63, 3.8) is 0 Å². The number of hydrogen-bond acceptors (Lipinski definition) is 5. The van der Waals surface area contributed by atoms with Gasteiger partial charge >= 0.3 is 5.69 Å². The van der Waals surface area contributed by atoms with Crippen LogP contribution in [0, 0.1) is 17.0 Å². The van der Waals surface area contributed by atoms with Gasteiger partial charge in [-0.1, -0.05) is 0 Å². The standard InChI is InChI=1S/C12H20N4O4/c1-3-20-8-4-6-13-12(17)5-7-15-9-11(16(18)19)10(2)14-15/h9H,3-8H2,1-2H3,(H,13,17). The van der Waals surface area contributed by atoms with E-state index in [1.807, 2.05) is 6.92 Å². The van der Waals surface area contributed by atoms with Gasteiger partial charge in [-0.25, -0.2) is 0 Å². The van der Waals surface area contributed by atoms with E-state index in [4.69, 9.17) is 4.74 Å². The Hall–Kier alpha value is -1.96. The van der Waals surface area contributed by atoms with Crippen LogP contribution in [0.1, 0.15) is 25.5 Å². The fourth-order valence-corrected chi connectivity index (χ4v) is 1.65. The molecule has 0 saturated carbocycles. The number of rotatable bonds is 9. The predicted molar refractivity (Wildman–Crippen MR) is 72.4 cm³/mol. The number of nitrogens with zero attached hydrogens (tertiary/aromatic N) is 3. The molecule has 0 aliphatic rings. The number of hydrogen-bond donors (Lipinski definition) is 1. The lowest BCUT2D eigenvalue weighted by Crippen LogP contribution is -2.26. The fraction of sp³-hybridized carbons (Fsp3) is 0.667. The molecule has 1 N–H and O–H groups in total. The molecular formula is C12H20N4O4. The van der Waals surface area contributed by atoms with Crippen molar-refractivity contribution in [2.75, 3.05) is 19.8 Å². The Morgan fingerprint density at radius 3 is 2.95 bits per heavy atom. The number of nitro groups is 1. The summed E-state index contributed by atoms with van der Waals surface area (Å²) in [5.74, 6) is -0.0997. The molecule has 1 aromatic heterocycles. The van der Waals surface area contributed by atoms with Crippen LogP contribution in [0.5, 0.6) is 0 Å². The van der Waals surface area contributed by atoms with E-state index >= 15 is 0 Å². The van der Waals surface area contributed by atoms with Crippen LogP contribution in [0.4, 0.5) is 5.69 Å². The van der Waals surface area contributed by atoms with E-state index in [0.717, 1.165) is 6.42 Å². The van der Waals surface area contributed by atoms with Gasteiger partial charge in [-0.3, -0.25) is 19.6 Å². The second kappa shape index (κ2) is 8.26. The molecule has 1 heterocycles. The van der Waals surface area contributed by atoms with Crippen molar-refractivity contribution < 1.29 is 14.5 Å². The summed E-state index contributed by atoms with van der Waals surface area (Å²) in [6.45, 7) is 5.68. The molecule has 8 nitrogen and oxygen atoms in total. The van der Waals surface area contributed by atoms with E-state index in [9.17, 15) is 14.9 Å². The van der Waals surface area contributed by atoms with Gasteiger partial charge in [0.05, 0.1) is 4.92 Å². The van der Waals surface area contributed by atoms with Crippen LogP contribution >= 0.6 is 0 Å². The summed E-state index contributed by atoms with van der Waals surface area (Å²) in [7, 11) is 0. The normalized spacial score (nSPS) is 10.5. The molecule has 0 aliphatic carbocycles. The molecule has 0 aromatic carbocycles. The molecule has 0 atom stereocenters. The minimum Gasteiger partial charge on any atom is -0.382 e. The first-order valence-electron chi connectivity index (χ1n) is 6.57. The highest BCUT2D eigenvalue weighted by Crippen LogP contribution is 2.14. The highest BCUT2D eigenvalue weighted by atomic mass is 16.6. The molecule has 0 bridgehead atoms. The van der Waals surface area contributed by atoms with Crippen LogP contribution in [0.2, 0.25) is 0 Å². The molecular weight excluding hydrogens is 264 g/mol. The highest BCUT2D eigenvalue weighted by Gasteiger charge is 2.15. The van der Waals surface area contributed by atoms with Gasteiger partial charge in [-0.15, -0.1) is 0 Å². The summed E-state index contributed by atoms with van der Waals surface area (Å²) in [6, 6.07) is 0. The Morgan fingerprint density at radius 1 is 1.60 bits per heavy atom. The van der Waals surface area contributed by atoms with Gasteiger partial charge in [-0.2, -0.15) is 5.10 Å². The number of aromatic nitrogens is 2. The van der Waals surface area contributed by atoms with Crippen molar-refractivity contribution in [2.45, 2.75) is 33.2 Å². The Morgan fingerprint density at radius 2 is 2.35 bits per heavy atom. The molecule has 1 rings (SSSR count). The lowest BCUT2D eigenvalue weighted by molar-refractivity contribution is -0.385. The quantitative estimate of drug-likeness (QED) is 0.415. The largest absolute Gasteiger partial charge is 0.382 e. The van der Waals surface area contributed by atoms with Crippen molar-refractivity contribution in [2.24, 2.45) is 0 Å². The van der Waals surface area contributed by atoms with Crippen molar-refractivity contribution >= 4 is 11.6 Å². The van der Waals surface area contributed by atoms with Crippen LogP contribution in [-0.4, -0.2) is 40.4 Å². The van der Waals surface area contributed by atoms with Gasteiger partial charge in [0.15, 0.2) is 0 Å². The lowest BCUT2D eigenvalue weighted by atomic mass is 10.3. The van der Waals surface area contributed by atoms with E-state index in [0.29, 0.717) is 32.0 Å². The molecule has 0 spiro atoms. The van der Waals surface area contributed by atoms with E-state index in [1.165, 1.54) is 10.9 Å². The third-order valence-electron chi connectivity index (χ3n) is 2.68. The lowest BCUT2D eigenvalue weighted by Gasteiger charge is -2.05. The molecule has 20 heavy (non-hydrogen) atoms. The number of carbonyl (C=O) groups excluding carboxylic acids is 1. The van der Waals surface area contributed by atoms with Gasteiger partial charge < -0.3 is 10.1 Å². The van der Waals surface area contributed by atoms with Crippen LogP contribution in [0.15, 0.2) is 6.20 Å². The summed E-state index contributed by atoms with van der Waals surface area (Å²) in [5.41, 5.74) is 0.328. The van der Waals surface area contributed by atoms with Crippen LogP contribution in [0.25, 0.3) is 0 Å². The number of amides is 1. The number of ether oxygens (including phenoxy) is 1. The zero-order valence-corrected chi connectivity index (χ0v) is 11.8. The molecule has 0 radical (unpaired) electrons. The molecule has 112 valence electrons. The van der Waals surface area contributed by atoms with Gasteiger partial charge in [-0.05, 0) is 20.3 Å². The summed E-state index contributed by atoms with van der Waals surface area (Å²) in [5, 5.41) is 17.4. The van der Waals surface area contributed by atoms with E-state index in [-0.39, 0.29) is 18.0 Å². The second-order valence-corrected chi connectivity index (χ2v) is 4.27. The summed E-state index contributed by atoms with van der Waals surface area (Å²) >= 11 is 0. The number of aryl methyl sites for hydroxylation is 2. The van der Waals surface area contributed by atoms with E-state index < -0.39 is 4.92 Å². The summed E-state index contributed by atoms with van der Waals surface area (Å²) in [4.78, 5) is 21.7. The molecule has 0 fully saturated rings. The monoisotopic (exact) mass is 284 g/mol. The summed E-state index contributed by atoms with van der Waals surface area (Å²) < 4.78 is 6.58. The third-order valence-corrected chi connectivity index (χ3v) is 2.68. The summed E-state index contributed by atoms with van der Waals surface area (Å²) in [6.07, 6.45) is 2.36. The fourth-order valence-electron chi connectivity index (χ4n) is 1.65. The molecule has 1 aromatic rings. The zero-order chi connectivity index (χ0) is 15.0. The van der Waals surface area contributed by atoms with Crippen molar-refractivity contribution in [3.05, 3.63) is 22.0 Å². The first kappa shape index (κ1) is 16.1. The predicted octanol–water partition coefficient (Wildman–Crippen LogP) is 1.03. The molecule has 0 aliphatic heterocycles. The Bertz CT molecular complexity index is 458. The van der Waals surface area contributed by atoms with Crippen molar-refractivity contribution in [1.82, 2.24) is 15.1 Å². The van der Waals surface area contributed by atoms with Crippen LogP contribution in [0.3, 0.4) is 0 Å². The highest BCUT2D eigenvalue weighted by molar-refractivity contribution is 5.75. The molecule has 0 saturated heterocycles. The van der Waals surface area contributed by atoms with Gasteiger partial charge in [0, 0.05) is 32.7 Å². The van der Waals surface area contributed by atoms with Gasteiger partial charge in [0.25, 0.3) is 0 Å². The SMILES string of the molecule is CCOCCCNC(=O)CCn1cc([N+](=O)[O-])c(C)n1. The maximum Gasteiger partial charge on any atom is 0.309 e. The maximum absolute atomic E-state index is 11.5. The zero-order valence-electron chi connectivity index (χ0n) is 11.8. The third kappa shape index (κ3) is 5.35. The molecule has 0 unspecified atom stereocenters. The number of nitrogens with one attached hydrogen (secondary N) is 1. The average molecular weight is 284 g/mol. The molecule has 1 amide bonds. The van der Waals surface area contributed by atoms with E-state index in [1.54, 1.807) is 6.92 Å². The minimum absolute atomic E-state index is 0.0258. The Kier molecular flexibility index (Phi) is 6.65. The minimum atomic E-state index is -0.480. The van der Waals surface area contributed by atoms with Crippen molar-refractivity contribution in [1.29, 1.82) is 0 Å². The first-order chi connectivity index (χ1) is 9.54. The first-order valence-corrected chi connectivity index (χ1v) is 6.57. The van der Waals surface area contributed by atoms with Crippen LogP contribution in [-0.2, 0) is 16.1 Å². The van der Waals surface area contributed by atoms with Gasteiger partial charge in [0.2, 0.25) is 5.91 Å². The topological polar surface area (TPSA) is 99.3 Å².